The van der Waals surface area contributed by atoms with Gasteiger partial charge in [0.2, 0.25) is 0 Å². The summed E-state index contributed by atoms with van der Waals surface area (Å²) in [7, 11) is 0. The first kappa shape index (κ1) is 28.0. The van der Waals surface area contributed by atoms with Gasteiger partial charge in [0, 0.05) is 18.7 Å². The van der Waals surface area contributed by atoms with Crippen LogP contribution in [0.1, 0.15) is 75.6 Å². The lowest BCUT2D eigenvalue weighted by atomic mass is 9.86. The number of carbonyl (C=O) groups is 2. The summed E-state index contributed by atoms with van der Waals surface area (Å²) in [4.78, 5) is 25.2. The van der Waals surface area contributed by atoms with E-state index in [-0.39, 0.29) is 11.3 Å². The Balaban J connectivity index is 1.70. The number of esters is 1. The maximum absolute atomic E-state index is 13.1. The molecule has 0 fully saturated rings. The molecule has 0 aliphatic heterocycles. The number of aryl methyl sites for hydroxylation is 2. The zero-order chi connectivity index (χ0) is 27.4. The summed E-state index contributed by atoms with van der Waals surface area (Å²) in [6, 6.07) is 15.8. The number of aromatic nitrogens is 2. The molecule has 0 aliphatic rings. The lowest BCUT2D eigenvalue weighted by Gasteiger charge is -2.25. The Morgan fingerprint density at radius 1 is 0.973 bits per heavy atom. The molecule has 0 aliphatic carbocycles. The van der Waals surface area contributed by atoms with Crippen LogP contribution in [0.15, 0.2) is 48.5 Å². The third-order valence-corrected chi connectivity index (χ3v) is 6.18. The Morgan fingerprint density at radius 3 is 2.22 bits per heavy atom. The molecule has 0 unspecified atom stereocenters. The fourth-order valence-corrected chi connectivity index (χ4v) is 3.95. The Morgan fingerprint density at radius 2 is 1.65 bits per heavy atom. The third kappa shape index (κ3) is 6.79. The van der Waals surface area contributed by atoms with Gasteiger partial charge in [-0.1, -0.05) is 57.2 Å². The largest absolute Gasteiger partial charge is 0.476 e. The smallest absolute Gasteiger partial charge is 0.349 e. The average Bonchev–Trinajstić information content (AvgIpc) is 3.28. The van der Waals surface area contributed by atoms with E-state index in [9.17, 15) is 9.59 Å². The van der Waals surface area contributed by atoms with Crippen LogP contribution in [0.3, 0.4) is 0 Å². The number of carbonyl (C=O) groups excluding carboxylic acids is 2. The normalized spacial score (nSPS) is 11.8. The zero-order valence-electron chi connectivity index (χ0n) is 23.3. The minimum atomic E-state index is -1.10. The van der Waals surface area contributed by atoms with Crippen molar-refractivity contribution >= 4 is 11.9 Å². The van der Waals surface area contributed by atoms with E-state index >= 15 is 0 Å². The maximum Gasteiger partial charge on any atom is 0.349 e. The monoisotopic (exact) mass is 505 g/mol. The van der Waals surface area contributed by atoms with Crippen LogP contribution in [0, 0.1) is 6.92 Å². The first-order valence-electron chi connectivity index (χ1n) is 12.8. The van der Waals surface area contributed by atoms with Gasteiger partial charge in [-0.25, -0.2) is 4.79 Å². The number of rotatable bonds is 9. The van der Waals surface area contributed by atoms with Crippen molar-refractivity contribution in [2.75, 3.05) is 6.61 Å². The van der Waals surface area contributed by atoms with E-state index < -0.39 is 11.6 Å². The van der Waals surface area contributed by atoms with Crippen molar-refractivity contribution in [1.29, 1.82) is 0 Å². The van der Waals surface area contributed by atoms with Crippen molar-refractivity contribution in [3.8, 4) is 17.0 Å². The first-order valence-corrected chi connectivity index (χ1v) is 12.8. The van der Waals surface area contributed by atoms with Crippen LogP contribution in [0.4, 0.5) is 0 Å². The SMILES string of the molecule is CCOC(=O)C(C)(C)Oc1ccc(CNC(=O)c2cc(-c3ccc(C(C)(C)C)cc3)nn2CC)cc1C. The number of hydrogen-bond donors (Lipinski definition) is 1. The van der Waals surface area contributed by atoms with Crippen LogP contribution in [0.25, 0.3) is 11.3 Å². The van der Waals surface area contributed by atoms with Crippen LogP contribution >= 0.6 is 0 Å². The van der Waals surface area contributed by atoms with Gasteiger partial charge in [-0.15, -0.1) is 0 Å². The van der Waals surface area contributed by atoms with Crippen molar-refractivity contribution < 1.29 is 19.1 Å². The zero-order valence-corrected chi connectivity index (χ0v) is 23.3. The number of nitrogens with zero attached hydrogens (tertiary/aromatic N) is 2. The Kier molecular flexibility index (Phi) is 8.46. The van der Waals surface area contributed by atoms with E-state index in [0.717, 1.165) is 22.4 Å². The summed E-state index contributed by atoms with van der Waals surface area (Å²) in [5, 5.41) is 7.65. The molecule has 198 valence electrons. The highest BCUT2D eigenvalue weighted by atomic mass is 16.6. The minimum Gasteiger partial charge on any atom is -0.476 e. The van der Waals surface area contributed by atoms with Gasteiger partial charge in [-0.05, 0) is 68.9 Å². The molecule has 37 heavy (non-hydrogen) atoms. The second kappa shape index (κ2) is 11.2. The highest BCUT2D eigenvalue weighted by Crippen LogP contribution is 2.27. The van der Waals surface area contributed by atoms with Gasteiger partial charge < -0.3 is 14.8 Å². The van der Waals surface area contributed by atoms with E-state index in [1.54, 1.807) is 25.5 Å². The van der Waals surface area contributed by atoms with Crippen molar-refractivity contribution in [2.24, 2.45) is 0 Å². The summed E-state index contributed by atoms with van der Waals surface area (Å²) in [6.45, 7) is 16.8. The van der Waals surface area contributed by atoms with Crippen LogP contribution < -0.4 is 10.1 Å². The lowest BCUT2D eigenvalue weighted by molar-refractivity contribution is -0.158. The second-order valence-corrected chi connectivity index (χ2v) is 10.7. The minimum absolute atomic E-state index is 0.0755. The molecule has 0 radical (unpaired) electrons. The van der Waals surface area contributed by atoms with Gasteiger partial charge in [0.15, 0.2) is 5.60 Å². The van der Waals surface area contributed by atoms with Crippen LogP contribution in [0.5, 0.6) is 5.75 Å². The Bertz CT molecular complexity index is 1250. The van der Waals surface area contributed by atoms with Gasteiger partial charge in [-0.3, -0.25) is 9.48 Å². The van der Waals surface area contributed by atoms with Crippen molar-refractivity contribution in [3.05, 3.63) is 70.9 Å². The third-order valence-electron chi connectivity index (χ3n) is 6.18. The quantitative estimate of drug-likeness (QED) is 0.370. The predicted octanol–water partition coefficient (Wildman–Crippen LogP) is 5.83. The average molecular weight is 506 g/mol. The molecule has 3 rings (SSSR count). The molecule has 1 amide bonds. The molecule has 7 heteroatoms. The van der Waals surface area contributed by atoms with Crippen molar-refractivity contribution in [3.63, 3.8) is 0 Å². The molecule has 1 aromatic heterocycles. The van der Waals surface area contributed by atoms with E-state index in [0.29, 0.717) is 31.1 Å². The predicted molar refractivity (Wildman–Crippen MR) is 146 cm³/mol. The standard InChI is InChI=1S/C30H39N3O4/c1-9-33-25(18-24(32-33)22-12-14-23(15-13-22)29(4,5)6)27(34)31-19-21-11-16-26(20(3)17-21)37-30(7,8)28(35)36-10-2/h11-18H,9-10,19H2,1-8H3,(H,31,34). The fourth-order valence-electron chi connectivity index (χ4n) is 3.95. The molecule has 2 aromatic carbocycles. The molecular weight excluding hydrogens is 466 g/mol. The number of ether oxygens (including phenoxy) is 2. The molecule has 1 heterocycles. The molecule has 0 atom stereocenters. The van der Waals surface area contributed by atoms with Crippen molar-refractivity contribution in [1.82, 2.24) is 15.1 Å². The number of nitrogens with one attached hydrogen (secondary N) is 1. The molecular formula is C30H39N3O4. The van der Waals surface area contributed by atoms with Gasteiger partial charge in [0.1, 0.15) is 11.4 Å². The number of hydrogen-bond acceptors (Lipinski definition) is 5. The van der Waals surface area contributed by atoms with Crippen LogP contribution in [0.2, 0.25) is 0 Å². The van der Waals surface area contributed by atoms with Crippen LogP contribution in [-0.4, -0.2) is 33.9 Å². The van der Waals surface area contributed by atoms with E-state index in [4.69, 9.17) is 9.47 Å². The topological polar surface area (TPSA) is 82.4 Å². The molecule has 3 aromatic rings. The molecule has 7 nitrogen and oxygen atoms in total. The Hall–Kier alpha value is -3.61. The van der Waals surface area contributed by atoms with Gasteiger partial charge in [0.25, 0.3) is 5.91 Å². The van der Waals surface area contributed by atoms with Crippen LogP contribution in [-0.2, 0) is 28.0 Å². The lowest BCUT2D eigenvalue weighted by Crippen LogP contribution is -2.39. The molecule has 0 saturated carbocycles. The number of benzene rings is 2. The molecule has 0 saturated heterocycles. The number of amides is 1. The van der Waals surface area contributed by atoms with E-state index in [2.05, 4.69) is 55.5 Å². The highest BCUT2D eigenvalue weighted by molar-refractivity contribution is 5.93. The first-order chi connectivity index (χ1) is 17.4. The van der Waals surface area contributed by atoms with Crippen molar-refractivity contribution in [2.45, 2.75) is 79.5 Å². The van der Waals surface area contributed by atoms with Gasteiger partial charge in [0.05, 0.1) is 12.3 Å². The summed E-state index contributed by atoms with van der Waals surface area (Å²) in [5.74, 6) is -0.00423. The van der Waals surface area contributed by atoms with Gasteiger partial charge >= 0.3 is 5.97 Å². The molecule has 0 spiro atoms. The Labute approximate surface area is 220 Å². The van der Waals surface area contributed by atoms with E-state index in [1.807, 2.05) is 38.1 Å². The summed E-state index contributed by atoms with van der Waals surface area (Å²) in [5.41, 5.74) is 4.29. The highest BCUT2D eigenvalue weighted by Gasteiger charge is 2.32. The van der Waals surface area contributed by atoms with Gasteiger partial charge in [-0.2, -0.15) is 5.10 Å². The van der Waals surface area contributed by atoms with E-state index in [1.165, 1.54) is 5.56 Å². The maximum atomic E-state index is 13.1. The fraction of sp³-hybridized carbons (Fsp3) is 0.433. The molecule has 0 bridgehead atoms. The summed E-state index contributed by atoms with van der Waals surface area (Å²) >= 11 is 0. The second-order valence-electron chi connectivity index (χ2n) is 10.7. The summed E-state index contributed by atoms with van der Waals surface area (Å²) in [6.07, 6.45) is 0. The molecule has 1 N–H and O–H groups in total. The summed E-state index contributed by atoms with van der Waals surface area (Å²) < 4.78 is 12.7.